The van der Waals surface area contributed by atoms with Crippen molar-refractivity contribution < 1.29 is 23.5 Å². The lowest BCUT2D eigenvalue weighted by Crippen LogP contribution is -2.12. The molecule has 0 unspecified atom stereocenters. The average molecular weight is 316 g/mol. The summed E-state index contributed by atoms with van der Waals surface area (Å²) in [6.07, 6.45) is 0.0515. The van der Waals surface area contributed by atoms with E-state index in [0.717, 1.165) is 0 Å². The molecular weight excluding hydrogens is 299 g/mol. The van der Waals surface area contributed by atoms with Gasteiger partial charge < -0.3 is 9.47 Å². The van der Waals surface area contributed by atoms with Gasteiger partial charge in [-0.1, -0.05) is 18.2 Å². The number of rotatable bonds is 6. The van der Waals surface area contributed by atoms with Gasteiger partial charge in [0, 0.05) is 6.42 Å². The largest absolute Gasteiger partial charge is 0.493 e. The molecule has 2 rings (SSSR count). The van der Waals surface area contributed by atoms with Crippen LogP contribution in [0.15, 0.2) is 36.4 Å². The monoisotopic (exact) mass is 316 g/mol. The van der Waals surface area contributed by atoms with Crippen LogP contribution in [0.1, 0.15) is 28.4 Å². The summed E-state index contributed by atoms with van der Waals surface area (Å²) in [6, 6.07) is 8.93. The fourth-order valence-electron chi connectivity index (χ4n) is 2.41. The average Bonchev–Trinajstić information content (AvgIpc) is 2.53. The number of hydrogen-bond donors (Lipinski definition) is 0. The van der Waals surface area contributed by atoms with E-state index in [-0.39, 0.29) is 29.1 Å². The van der Waals surface area contributed by atoms with Crippen molar-refractivity contribution >= 4 is 11.6 Å². The van der Waals surface area contributed by atoms with E-state index in [4.69, 9.17) is 9.47 Å². The topological polar surface area (TPSA) is 52.6 Å². The summed E-state index contributed by atoms with van der Waals surface area (Å²) in [5, 5.41) is 0. The Morgan fingerprint density at radius 3 is 2.30 bits per heavy atom. The van der Waals surface area contributed by atoms with E-state index in [0.29, 0.717) is 11.3 Å². The molecule has 0 heterocycles. The van der Waals surface area contributed by atoms with E-state index in [1.54, 1.807) is 18.2 Å². The molecule has 0 saturated heterocycles. The summed E-state index contributed by atoms with van der Waals surface area (Å²) in [5.74, 6) is -0.745. The summed E-state index contributed by atoms with van der Waals surface area (Å²) in [6.45, 7) is 1.42. The second-order valence-corrected chi connectivity index (χ2v) is 5.02. The zero-order valence-corrected chi connectivity index (χ0v) is 13.2. The minimum Gasteiger partial charge on any atom is -0.493 e. The van der Waals surface area contributed by atoms with Crippen molar-refractivity contribution in [3.05, 3.63) is 58.9 Å². The quantitative estimate of drug-likeness (QED) is 0.768. The van der Waals surface area contributed by atoms with Crippen molar-refractivity contribution in [3.8, 4) is 11.5 Å². The fraction of sp³-hybridized carbons (Fsp3) is 0.222. The maximum atomic E-state index is 14.0. The van der Waals surface area contributed by atoms with Gasteiger partial charge in [0.25, 0.3) is 0 Å². The Bertz CT molecular complexity index is 753. The molecule has 5 heteroatoms. The van der Waals surface area contributed by atoms with Gasteiger partial charge >= 0.3 is 0 Å². The summed E-state index contributed by atoms with van der Waals surface area (Å²) in [4.78, 5) is 24.3. The van der Waals surface area contributed by atoms with Crippen molar-refractivity contribution in [2.75, 3.05) is 14.2 Å². The molecule has 0 amide bonds. The third kappa shape index (κ3) is 3.39. The van der Waals surface area contributed by atoms with Gasteiger partial charge in [-0.25, -0.2) is 4.39 Å². The number of halogens is 1. The number of ether oxygens (including phenoxy) is 2. The number of ketones is 2. The SMILES string of the molecule is COc1ccc(CC(C)=O)c(C(=O)c2ccccc2F)c1OC. The zero-order valence-electron chi connectivity index (χ0n) is 13.2. The minimum atomic E-state index is -0.629. The van der Waals surface area contributed by atoms with Crippen LogP contribution in [0.3, 0.4) is 0 Å². The maximum Gasteiger partial charge on any atom is 0.200 e. The van der Waals surface area contributed by atoms with E-state index in [1.165, 1.54) is 39.3 Å². The van der Waals surface area contributed by atoms with Crippen molar-refractivity contribution in [2.24, 2.45) is 0 Å². The number of carbonyl (C=O) groups is 2. The van der Waals surface area contributed by atoms with E-state index >= 15 is 0 Å². The number of carbonyl (C=O) groups excluding carboxylic acids is 2. The standard InChI is InChI=1S/C18H17FO4/c1-11(20)10-12-8-9-15(22-2)18(23-3)16(12)17(21)13-6-4-5-7-14(13)19/h4-9H,10H2,1-3H3. The maximum absolute atomic E-state index is 14.0. The molecule has 0 aliphatic heterocycles. The van der Waals surface area contributed by atoms with Gasteiger partial charge in [-0.05, 0) is 30.7 Å². The lowest BCUT2D eigenvalue weighted by molar-refractivity contribution is -0.116. The van der Waals surface area contributed by atoms with Gasteiger partial charge in [-0.15, -0.1) is 0 Å². The van der Waals surface area contributed by atoms with Gasteiger partial charge in [0.15, 0.2) is 17.3 Å². The minimum absolute atomic E-state index is 0.0515. The van der Waals surface area contributed by atoms with Crippen LogP contribution in [0.5, 0.6) is 11.5 Å². The molecule has 0 atom stereocenters. The normalized spacial score (nSPS) is 10.3. The fourth-order valence-corrected chi connectivity index (χ4v) is 2.41. The highest BCUT2D eigenvalue weighted by atomic mass is 19.1. The summed E-state index contributed by atoms with van der Waals surface area (Å²) < 4.78 is 24.5. The molecule has 0 radical (unpaired) electrons. The van der Waals surface area contributed by atoms with Crippen LogP contribution in [0.2, 0.25) is 0 Å². The molecule has 4 nitrogen and oxygen atoms in total. The number of benzene rings is 2. The van der Waals surface area contributed by atoms with Crippen LogP contribution in [-0.2, 0) is 11.2 Å². The second-order valence-electron chi connectivity index (χ2n) is 5.02. The molecule has 0 bridgehead atoms. The van der Waals surface area contributed by atoms with Crippen molar-refractivity contribution in [1.29, 1.82) is 0 Å². The Morgan fingerprint density at radius 2 is 1.74 bits per heavy atom. The molecule has 0 N–H and O–H groups in total. The molecule has 120 valence electrons. The second kappa shape index (κ2) is 7.05. The Balaban J connectivity index is 2.68. The Kier molecular flexibility index (Phi) is 5.11. The highest BCUT2D eigenvalue weighted by Gasteiger charge is 2.24. The van der Waals surface area contributed by atoms with Crippen molar-refractivity contribution in [2.45, 2.75) is 13.3 Å². The Hall–Kier alpha value is -2.69. The van der Waals surface area contributed by atoms with Crippen LogP contribution in [-0.4, -0.2) is 25.8 Å². The molecule has 0 aliphatic rings. The first-order valence-corrected chi connectivity index (χ1v) is 7.02. The molecule has 0 aromatic heterocycles. The van der Waals surface area contributed by atoms with Gasteiger partial charge in [0.05, 0.1) is 25.3 Å². The predicted molar refractivity (Wildman–Crippen MR) is 83.8 cm³/mol. The number of hydrogen-bond acceptors (Lipinski definition) is 4. The molecule has 2 aromatic rings. The van der Waals surface area contributed by atoms with Crippen LogP contribution >= 0.6 is 0 Å². The van der Waals surface area contributed by atoms with Crippen molar-refractivity contribution in [3.63, 3.8) is 0 Å². The van der Waals surface area contributed by atoms with Gasteiger partial charge in [0.2, 0.25) is 0 Å². The molecule has 0 spiro atoms. The first-order valence-electron chi connectivity index (χ1n) is 7.02. The summed E-state index contributed by atoms with van der Waals surface area (Å²) in [7, 11) is 2.84. The van der Waals surface area contributed by atoms with Crippen molar-refractivity contribution in [1.82, 2.24) is 0 Å². The van der Waals surface area contributed by atoms with Crippen LogP contribution in [0, 0.1) is 5.82 Å². The van der Waals surface area contributed by atoms with E-state index < -0.39 is 11.6 Å². The lowest BCUT2D eigenvalue weighted by Gasteiger charge is -2.16. The molecule has 2 aromatic carbocycles. The van der Waals surface area contributed by atoms with Gasteiger partial charge in [0.1, 0.15) is 11.6 Å². The van der Waals surface area contributed by atoms with Gasteiger partial charge in [-0.2, -0.15) is 0 Å². The van der Waals surface area contributed by atoms with Crippen LogP contribution in [0.4, 0.5) is 4.39 Å². The highest BCUT2D eigenvalue weighted by Crippen LogP contribution is 2.35. The zero-order chi connectivity index (χ0) is 17.0. The summed E-state index contributed by atoms with van der Waals surface area (Å²) >= 11 is 0. The molecule has 0 aliphatic carbocycles. The van der Waals surface area contributed by atoms with E-state index in [9.17, 15) is 14.0 Å². The third-order valence-electron chi connectivity index (χ3n) is 3.42. The summed E-state index contributed by atoms with van der Waals surface area (Å²) in [5.41, 5.74) is 0.541. The van der Waals surface area contributed by atoms with Gasteiger partial charge in [-0.3, -0.25) is 9.59 Å². The number of methoxy groups -OCH3 is 2. The Labute approximate surface area is 133 Å². The van der Waals surface area contributed by atoms with E-state index in [1.807, 2.05) is 0 Å². The van der Waals surface area contributed by atoms with Crippen LogP contribution < -0.4 is 9.47 Å². The molecular formula is C18H17FO4. The third-order valence-corrected chi connectivity index (χ3v) is 3.42. The predicted octanol–water partition coefficient (Wildman–Crippen LogP) is 3.21. The molecule has 23 heavy (non-hydrogen) atoms. The number of Topliss-reactive ketones (excluding diaryl/α,β-unsaturated/α-hetero) is 1. The molecule has 0 fully saturated rings. The first-order chi connectivity index (χ1) is 11.0. The Morgan fingerprint density at radius 1 is 1.04 bits per heavy atom. The first kappa shape index (κ1) is 16.7. The molecule has 0 saturated carbocycles. The highest BCUT2D eigenvalue weighted by molar-refractivity contribution is 6.12. The lowest BCUT2D eigenvalue weighted by atomic mass is 9.94. The van der Waals surface area contributed by atoms with E-state index in [2.05, 4.69) is 0 Å². The smallest absolute Gasteiger partial charge is 0.200 e. The van der Waals surface area contributed by atoms with Crippen LogP contribution in [0.25, 0.3) is 0 Å².